The minimum atomic E-state index is -0.567. The van der Waals surface area contributed by atoms with Crippen molar-refractivity contribution in [3.8, 4) is 0 Å². The molecule has 0 spiro atoms. The van der Waals surface area contributed by atoms with E-state index >= 15 is 0 Å². The summed E-state index contributed by atoms with van der Waals surface area (Å²) in [6.45, 7) is 2.67. The first-order valence-electron chi connectivity index (χ1n) is 6.33. The van der Waals surface area contributed by atoms with Gasteiger partial charge in [-0.15, -0.1) is 12.4 Å². The zero-order chi connectivity index (χ0) is 13.7. The molecule has 0 radical (unpaired) electrons. The summed E-state index contributed by atoms with van der Waals surface area (Å²) in [5.74, 6) is 0.482. The Bertz CT molecular complexity index is 541. The van der Waals surface area contributed by atoms with Crippen LogP contribution >= 0.6 is 12.4 Å². The number of hydrogen-bond donors (Lipinski definition) is 2. The predicted octanol–water partition coefficient (Wildman–Crippen LogP) is 1.83. The minimum absolute atomic E-state index is 0. The van der Waals surface area contributed by atoms with Crippen LogP contribution in [0.5, 0.6) is 0 Å². The molecular weight excluding hydrogens is 276 g/mol. The Morgan fingerprint density at radius 1 is 1.35 bits per heavy atom. The first kappa shape index (κ1) is 16.2. The minimum Gasteiger partial charge on any atom is -0.320 e. The number of carbonyl (C=O) groups excluding carboxylic acids is 1. The molecule has 2 aromatic rings. The lowest BCUT2D eigenvalue weighted by molar-refractivity contribution is -0.117. The van der Waals surface area contributed by atoms with E-state index in [2.05, 4.69) is 10.4 Å². The molecule has 0 saturated carbocycles. The summed E-state index contributed by atoms with van der Waals surface area (Å²) in [6.07, 6.45) is 2.18. The van der Waals surface area contributed by atoms with E-state index in [1.807, 2.05) is 37.3 Å². The molecule has 0 aliphatic heterocycles. The van der Waals surface area contributed by atoms with Gasteiger partial charge in [-0.1, -0.05) is 30.3 Å². The van der Waals surface area contributed by atoms with Crippen LogP contribution < -0.4 is 11.1 Å². The highest BCUT2D eigenvalue weighted by atomic mass is 35.5. The molecule has 1 aromatic carbocycles. The zero-order valence-electron chi connectivity index (χ0n) is 11.3. The Labute approximate surface area is 124 Å². The molecule has 0 fully saturated rings. The van der Waals surface area contributed by atoms with Crippen LogP contribution in [0.3, 0.4) is 0 Å². The molecule has 0 aliphatic carbocycles. The van der Waals surface area contributed by atoms with Crippen molar-refractivity contribution in [1.82, 2.24) is 9.78 Å². The highest BCUT2D eigenvalue weighted by Crippen LogP contribution is 2.08. The van der Waals surface area contributed by atoms with Gasteiger partial charge in [0.15, 0.2) is 0 Å². The van der Waals surface area contributed by atoms with E-state index in [1.165, 1.54) is 0 Å². The summed E-state index contributed by atoms with van der Waals surface area (Å²) in [4.78, 5) is 12.0. The third-order valence-electron chi connectivity index (χ3n) is 2.90. The highest BCUT2D eigenvalue weighted by molar-refractivity contribution is 5.94. The van der Waals surface area contributed by atoms with E-state index in [1.54, 1.807) is 16.9 Å². The zero-order valence-corrected chi connectivity index (χ0v) is 12.1. The molecular formula is C14H19ClN4O. The van der Waals surface area contributed by atoms with Gasteiger partial charge in [-0.05, 0) is 18.9 Å². The topological polar surface area (TPSA) is 72.9 Å². The molecule has 1 aromatic heterocycles. The average Bonchev–Trinajstić information content (AvgIpc) is 2.87. The van der Waals surface area contributed by atoms with Crippen LogP contribution in [0.15, 0.2) is 42.6 Å². The van der Waals surface area contributed by atoms with Crippen LogP contribution in [0.25, 0.3) is 0 Å². The number of aryl methyl sites for hydroxylation is 1. The van der Waals surface area contributed by atoms with Gasteiger partial charge < -0.3 is 11.1 Å². The van der Waals surface area contributed by atoms with Crippen LogP contribution in [-0.2, 0) is 17.8 Å². The average molecular weight is 295 g/mol. The lowest BCUT2D eigenvalue weighted by atomic mass is 10.1. The molecule has 20 heavy (non-hydrogen) atoms. The number of nitrogens with zero attached hydrogens (tertiary/aromatic N) is 2. The van der Waals surface area contributed by atoms with Crippen molar-refractivity contribution in [3.05, 3.63) is 48.2 Å². The number of rotatable bonds is 5. The molecule has 1 heterocycles. The first-order valence-corrected chi connectivity index (χ1v) is 6.33. The van der Waals surface area contributed by atoms with Crippen molar-refractivity contribution in [1.29, 1.82) is 0 Å². The van der Waals surface area contributed by atoms with Crippen LogP contribution in [-0.4, -0.2) is 21.7 Å². The number of hydrogen-bond acceptors (Lipinski definition) is 3. The van der Waals surface area contributed by atoms with E-state index in [0.29, 0.717) is 18.8 Å². The van der Waals surface area contributed by atoms with E-state index < -0.39 is 6.04 Å². The SMILES string of the molecule is CCn1nccc1NC(=O)[C@@H](N)Cc1ccccc1.Cl. The third kappa shape index (κ3) is 4.08. The van der Waals surface area contributed by atoms with Crippen molar-refractivity contribution in [2.45, 2.75) is 25.9 Å². The van der Waals surface area contributed by atoms with Gasteiger partial charge in [0.05, 0.1) is 12.2 Å². The normalized spacial score (nSPS) is 11.5. The Morgan fingerprint density at radius 2 is 2.05 bits per heavy atom. The molecule has 5 nitrogen and oxygen atoms in total. The fourth-order valence-corrected chi connectivity index (χ4v) is 1.87. The van der Waals surface area contributed by atoms with Crippen molar-refractivity contribution >= 4 is 24.1 Å². The second-order valence-electron chi connectivity index (χ2n) is 4.32. The number of anilines is 1. The standard InChI is InChI=1S/C14H18N4O.ClH/c1-2-18-13(8-9-16-18)17-14(19)12(15)10-11-6-4-3-5-7-11;/h3-9,12H,2,10,15H2,1H3,(H,17,19);1H/t12-;/m0./s1. The molecule has 0 unspecified atom stereocenters. The van der Waals surface area contributed by atoms with Crippen LogP contribution in [0.2, 0.25) is 0 Å². The maximum absolute atomic E-state index is 12.0. The molecule has 0 bridgehead atoms. The van der Waals surface area contributed by atoms with Crippen LogP contribution in [0.4, 0.5) is 5.82 Å². The molecule has 1 atom stereocenters. The van der Waals surface area contributed by atoms with Gasteiger partial charge in [0.2, 0.25) is 5.91 Å². The summed E-state index contributed by atoms with van der Waals surface area (Å²) >= 11 is 0. The van der Waals surface area contributed by atoms with E-state index in [0.717, 1.165) is 5.56 Å². The fourth-order valence-electron chi connectivity index (χ4n) is 1.87. The van der Waals surface area contributed by atoms with Gasteiger partial charge in [-0.2, -0.15) is 5.10 Å². The largest absolute Gasteiger partial charge is 0.320 e. The van der Waals surface area contributed by atoms with Gasteiger partial charge in [0.1, 0.15) is 5.82 Å². The second kappa shape index (κ2) is 7.67. The molecule has 3 N–H and O–H groups in total. The predicted molar refractivity (Wildman–Crippen MR) is 81.9 cm³/mol. The van der Waals surface area contributed by atoms with Gasteiger partial charge in [-0.3, -0.25) is 4.79 Å². The number of halogens is 1. The summed E-state index contributed by atoms with van der Waals surface area (Å²) in [6, 6.07) is 10.9. The first-order chi connectivity index (χ1) is 9.20. The van der Waals surface area contributed by atoms with Crippen molar-refractivity contribution in [2.75, 3.05) is 5.32 Å². The van der Waals surface area contributed by atoms with E-state index in [4.69, 9.17) is 5.73 Å². The Balaban J connectivity index is 0.00000200. The maximum Gasteiger partial charge on any atom is 0.242 e. The van der Waals surface area contributed by atoms with Gasteiger partial charge in [-0.25, -0.2) is 4.68 Å². The van der Waals surface area contributed by atoms with E-state index in [9.17, 15) is 4.79 Å². The Morgan fingerprint density at radius 3 is 2.70 bits per heavy atom. The quantitative estimate of drug-likeness (QED) is 0.883. The van der Waals surface area contributed by atoms with Crippen molar-refractivity contribution in [3.63, 3.8) is 0 Å². The third-order valence-corrected chi connectivity index (χ3v) is 2.90. The number of amides is 1. The summed E-state index contributed by atoms with van der Waals surface area (Å²) in [7, 11) is 0. The number of carbonyl (C=O) groups is 1. The fraction of sp³-hybridized carbons (Fsp3) is 0.286. The van der Waals surface area contributed by atoms with Gasteiger partial charge in [0.25, 0.3) is 0 Å². The Hall–Kier alpha value is -1.85. The summed E-state index contributed by atoms with van der Waals surface area (Å²) < 4.78 is 1.72. The highest BCUT2D eigenvalue weighted by Gasteiger charge is 2.15. The van der Waals surface area contributed by atoms with Gasteiger partial charge in [0, 0.05) is 12.6 Å². The van der Waals surface area contributed by atoms with Crippen LogP contribution in [0.1, 0.15) is 12.5 Å². The number of nitrogens with two attached hydrogens (primary N) is 1. The molecule has 108 valence electrons. The lowest BCUT2D eigenvalue weighted by Crippen LogP contribution is -2.37. The number of aromatic nitrogens is 2. The molecule has 0 saturated heterocycles. The summed E-state index contributed by atoms with van der Waals surface area (Å²) in [5, 5.41) is 6.89. The molecule has 6 heteroatoms. The monoisotopic (exact) mass is 294 g/mol. The smallest absolute Gasteiger partial charge is 0.242 e. The Kier molecular flexibility index (Phi) is 6.21. The molecule has 2 rings (SSSR count). The molecule has 1 amide bonds. The summed E-state index contributed by atoms with van der Waals surface area (Å²) in [5.41, 5.74) is 6.97. The number of benzene rings is 1. The van der Waals surface area contributed by atoms with Gasteiger partial charge >= 0.3 is 0 Å². The van der Waals surface area contributed by atoms with Crippen molar-refractivity contribution in [2.24, 2.45) is 5.73 Å². The maximum atomic E-state index is 12.0. The van der Waals surface area contributed by atoms with Crippen LogP contribution in [0, 0.1) is 0 Å². The second-order valence-corrected chi connectivity index (χ2v) is 4.32. The molecule has 0 aliphatic rings. The lowest BCUT2D eigenvalue weighted by Gasteiger charge is -2.13. The number of nitrogens with one attached hydrogen (secondary N) is 1. The van der Waals surface area contributed by atoms with E-state index in [-0.39, 0.29) is 18.3 Å². The van der Waals surface area contributed by atoms with Crippen molar-refractivity contribution < 1.29 is 4.79 Å².